The predicted molar refractivity (Wildman–Crippen MR) is 121 cm³/mol. The van der Waals surface area contributed by atoms with Crippen molar-refractivity contribution in [1.82, 2.24) is 10.6 Å². The first-order valence-corrected chi connectivity index (χ1v) is 10.0. The van der Waals surface area contributed by atoms with Gasteiger partial charge in [-0.15, -0.1) is 0 Å². The van der Waals surface area contributed by atoms with E-state index in [1.807, 2.05) is 43.3 Å². The van der Waals surface area contributed by atoms with Crippen LogP contribution >= 0.6 is 69.6 Å². The van der Waals surface area contributed by atoms with E-state index in [1.165, 1.54) is 0 Å². The van der Waals surface area contributed by atoms with E-state index in [4.69, 9.17) is 47.0 Å². The SMILES string of the molecule is Cc1ccccc1C(=O)N[C@H](NC(=S)Nc1ccc(I)cc1)C(Cl)(Cl)Cl. The van der Waals surface area contributed by atoms with Gasteiger partial charge in [0.1, 0.15) is 6.17 Å². The molecule has 2 aromatic rings. The summed E-state index contributed by atoms with van der Waals surface area (Å²) in [6, 6.07) is 14.7. The molecular weight excluding hydrogens is 528 g/mol. The van der Waals surface area contributed by atoms with Crippen molar-refractivity contribution >= 4 is 86.3 Å². The summed E-state index contributed by atoms with van der Waals surface area (Å²) in [6.07, 6.45) is -1.02. The standard InChI is InChI=1S/C17H15Cl3IN3OS/c1-10-4-2-3-5-13(10)14(25)23-15(17(18,19)20)24-16(26)22-12-8-6-11(21)7-9-12/h2-9,15H,1H3,(H,23,25)(H2,22,24,26)/t15-/m1/s1. The largest absolute Gasteiger partial charge is 0.339 e. The van der Waals surface area contributed by atoms with Crippen LogP contribution in [0.5, 0.6) is 0 Å². The third-order valence-corrected chi connectivity index (χ3v) is 4.96. The van der Waals surface area contributed by atoms with Gasteiger partial charge in [0.05, 0.1) is 0 Å². The maximum absolute atomic E-state index is 12.5. The Kier molecular flexibility index (Phi) is 7.78. The van der Waals surface area contributed by atoms with Crippen LogP contribution in [0.15, 0.2) is 48.5 Å². The van der Waals surface area contributed by atoms with Gasteiger partial charge in [-0.2, -0.15) is 0 Å². The summed E-state index contributed by atoms with van der Waals surface area (Å²) >= 11 is 25.5. The number of anilines is 1. The summed E-state index contributed by atoms with van der Waals surface area (Å²) < 4.78 is -0.715. The molecule has 0 aromatic heterocycles. The molecule has 2 rings (SSSR count). The Labute approximate surface area is 186 Å². The Morgan fingerprint density at radius 2 is 1.69 bits per heavy atom. The van der Waals surface area contributed by atoms with Gasteiger partial charge in [-0.25, -0.2) is 0 Å². The van der Waals surface area contributed by atoms with Crippen LogP contribution in [0.4, 0.5) is 5.69 Å². The van der Waals surface area contributed by atoms with Crippen LogP contribution in [0.1, 0.15) is 15.9 Å². The van der Waals surface area contributed by atoms with Gasteiger partial charge in [-0.1, -0.05) is 53.0 Å². The minimum absolute atomic E-state index is 0.215. The number of nitrogens with one attached hydrogen (secondary N) is 3. The molecule has 0 saturated carbocycles. The number of carbonyl (C=O) groups is 1. The summed E-state index contributed by atoms with van der Waals surface area (Å²) in [5, 5.41) is 8.70. The summed E-state index contributed by atoms with van der Waals surface area (Å²) in [7, 11) is 0. The van der Waals surface area contributed by atoms with Crippen molar-refractivity contribution in [2.75, 3.05) is 5.32 Å². The number of thiocarbonyl (C=S) groups is 1. The fourth-order valence-electron chi connectivity index (χ4n) is 2.07. The van der Waals surface area contributed by atoms with E-state index in [-0.39, 0.29) is 11.0 Å². The molecule has 1 amide bonds. The summed E-state index contributed by atoms with van der Waals surface area (Å²) in [5.41, 5.74) is 2.08. The molecule has 3 N–H and O–H groups in total. The highest BCUT2D eigenvalue weighted by Crippen LogP contribution is 2.29. The Bertz CT molecular complexity index is 797. The van der Waals surface area contributed by atoms with Crippen molar-refractivity contribution in [3.63, 3.8) is 0 Å². The van der Waals surface area contributed by atoms with Crippen LogP contribution in [-0.4, -0.2) is 21.0 Å². The zero-order valence-electron chi connectivity index (χ0n) is 13.5. The maximum Gasteiger partial charge on any atom is 0.253 e. The Hall–Kier alpha value is -0.800. The normalized spacial score (nSPS) is 12.2. The van der Waals surface area contributed by atoms with Crippen LogP contribution < -0.4 is 16.0 Å². The fourth-order valence-corrected chi connectivity index (χ4v) is 2.99. The average Bonchev–Trinajstić information content (AvgIpc) is 2.56. The number of hydrogen-bond acceptors (Lipinski definition) is 2. The van der Waals surface area contributed by atoms with Crippen LogP contribution in [0, 0.1) is 10.5 Å². The molecule has 0 aliphatic heterocycles. The number of aryl methyl sites for hydroxylation is 1. The minimum atomic E-state index is -1.81. The van der Waals surface area contributed by atoms with E-state index in [1.54, 1.807) is 12.1 Å². The third-order valence-electron chi connectivity index (χ3n) is 3.37. The molecule has 2 aromatic carbocycles. The molecule has 0 saturated heterocycles. The van der Waals surface area contributed by atoms with E-state index >= 15 is 0 Å². The van der Waals surface area contributed by atoms with Gasteiger partial charge in [0.25, 0.3) is 5.91 Å². The molecule has 0 spiro atoms. The van der Waals surface area contributed by atoms with Gasteiger partial charge >= 0.3 is 0 Å². The van der Waals surface area contributed by atoms with Crippen molar-refractivity contribution < 1.29 is 4.79 Å². The molecule has 9 heteroatoms. The molecule has 138 valence electrons. The van der Waals surface area contributed by atoms with Crippen molar-refractivity contribution in [1.29, 1.82) is 0 Å². The number of amides is 1. The second-order valence-corrected chi connectivity index (χ2v) is 9.39. The maximum atomic E-state index is 12.5. The predicted octanol–water partition coefficient (Wildman–Crippen LogP) is 5.01. The van der Waals surface area contributed by atoms with Crippen molar-refractivity contribution in [3.8, 4) is 0 Å². The summed E-state index contributed by atoms with van der Waals surface area (Å²) in [4.78, 5) is 12.5. The molecule has 26 heavy (non-hydrogen) atoms. The fraction of sp³-hybridized carbons (Fsp3) is 0.176. The molecule has 0 heterocycles. The van der Waals surface area contributed by atoms with E-state index in [9.17, 15) is 4.79 Å². The molecular formula is C17H15Cl3IN3OS. The third kappa shape index (κ3) is 6.42. The molecule has 0 aliphatic carbocycles. The second-order valence-electron chi connectivity index (χ2n) is 5.37. The van der Waals surface area contributed by atoms with Crippen molar-refractivity contribution in [3.05, 3.63) is 63.2 Å². The van der Waals surface area contributed by atoms with Gasteiger partial charge < -0.3 is 16.0 Å². The number of carbonyl (C=O) groups excluding carboxylic acids is 1. The molecule has 0 aliphatic rings. The average molecular weight is 543 g/mol. The van der Waals surface area contributed by atoms with Gasteiger partial charge in [-0.3, -0.25) is 4.79 Å². The van der Waals surface area contributed by atoms with Gasteiger partial charge in [0.2, 0.25) is 3.79 Å². The minimum Gasteiger partial charge on any atom is -0.339 e. The van der Waals surface area contributed by atoms with Crippen LogP contribution in [0.3, 0.4) is 0 Å². The second kappa shape index (κ2) is 9.41. The van der Waals surface area contributed by atoms with E-state index < -0.39 is 9.96 Å². The number of benzene rings is 2. The van der Waals surface area contributed by atoms with Gasteiger partial charge in [-0.05, 0) is 77.6 Å². The molecule has 4 nitrogen and oxygen atoms in total. The quantitative estimate of drug-likeness (QED) is 0.220. The molecule has 0 bridgehead atoms. The number of halogens is 4. The van der Waals surface area contributed by atoms with Crippen LogP contribution in [0.25, 0.3) is 0 Å². The number of hydrogen-bond donors (Lipinski definition) is 3. The topological polar surface area (TPSA) is 53.2 Å². The number of rotatable bonds is 4. The van der Waals surface area contributed by atoms with Crippen molar-refractivity contribution in [2.45, 2.75) is 16.9 Å². The lowest BCUT2D eigenvalue weighted by molar-refractivity contribution is 0.0934. The van der Waals surface area contributed by atoms with Crippen molar-refractivity contribution in [2.24, 2.45) is 0 Å². The lowest BCUT2D eigenvalue weighted by Gasteiger charge is -2.28. The monoisotopic (exact) mass is 541 g/mol. The zero-order valence-corrected chi connectivity index (χ0v) is 18.8. The molecule has 0 fully saturated rings. The zero-order chi connectivity index (χ0) is 19.3. The highest BCUT2D eigenvalue weighted by atomic mass is 127. The number of alkyl halides is 3. The lowest BCUT2D eigenvalue weighted by Crippen LogP contribution is -2.56. The Morgan fingerprint density at radius 3 is 2.27 bits per heavy atom. The van der Waals surface area contributed by atoms with E-state index in [0.29, 0.717) is 5.56 Å². The smallest absolute Gasteiger partial charge is 0.253 e. The highest BCUT2D eigenvalue weighted by Gasteiger charge is 2.35. The van der Waals surface area contributed by atoms with Gasteiger partial charge in [0, 0.05) is 14.8 Å². The Balaban J connectivity index is 2.07. The molecule has 0 radical (unpaired) electrons. The van der Waals surface area contributed by atoms with Gasteiger partial charge in [0.15, 0.2) is 5.11 Å². The first-order valence-electron chi connectivity index (χ1n) is 7.43. The Morgan fingerprint density at radius 1 is 1.08 bits per heavy atom. The molecule has 1 atom stereocenters. The molecule has 0 unspecified atom stereocenters. The summed E-state index contributed by atoms with van der Waals surface area (Å²) in [6.45, 7) is 1.83. The lowest BCUT2D eigenvalue weighted by atomic mass is 10.1. The van der Waals surface area contributed by atoms with E-state index in [0.717, 1.165) is 14.8 Å². The first kappa shape index (κ1) is 21.5. The highest BCUT2D eigenvalue weighted by molar-refractivity contribution is 14.1. The van der Waals surface area contributed by atoms with Crippen LogP contribution in [0.2, 0.25) is 0 Å². The summed E-state index contributed by atoms with van der Waals surface area (Å²) in [5.74, 6) is -0.371. The first-order chi connectivity index (χ1) is 12.2. The van der Waals surface area contributed by atoms with Crippen LogP contribution in [-0.2, 0) is 0 Å². The van der Waals surface area contributed by atoms with E-state index in [2.05, 4.69) is 38.5 Å².